The molecule has 20 heavy (non-hydrogen) atoms. The lowest BCUT2D eigenvalue weighted by atomic mass is 9.97. The van der Waals surface area contributed by atoms with E-state index < -0.39 is 0 Å². The second-order valence-corrected chi connectivity index (χ2v) is 4.76. The number of H-pyrrole nitrogens is 1. The molecule has 1 unspecified atom stereocenters. The van der Waals surface area contributed by atoms with Crippen LogP contribution in [0, 0.1) is 10.1 Å². The Hall–Kier alpha value is -2.51. The summed E-state index contributed by atoms with van der Waals surface area (Å²) in [6.07, 6.45) is 5.00. The first-order valence-corrected chi connectivity index (χ1v) is 6.45. The monoisotopic (exact) mass is 274 g/mol. The SMILES string of the molecule is O=[N+]([O-])c1cccnc1N1CCCC(c2ncn[nH]2)C1. The highest BCUT2D eigenvalue weighted by atomic mass is 16.6. The largest absolute Gasteiger partial charge is 0.350 e. The molecule has 0 saturated carbocycles. The van der Waals surface area contributed by atoms with Crippen LogP contribution in [0.15, 0.2) is 24.7 Å². The molecule has 0 aliphatic carbocycles. The third kappa shape index (κ3) is 2.31. The maximum atomic E-state index is 11.1. The van der Waals surface area contributed by atoms with Crippen LogP contribution in [0.5, 0.6) is 0 Å². The molecule has 1 N–H and O–H groups in total. The van der Waals surface area contributed by atoms with Crippen LogP contribution in [0.2, 0.25) is 0 Å². The summed E-state index contributed by atoms with van der Waals surface area (Å²) < 4.78 is 0. The highest BCUT2D eigenvalue weighted by Gasteiger charge is 2.28. The van der Waals surface area contributed by atoms with Crippen LogP contribution >= 0.6 is 0 Å². The molecule has 0 bridgehead atoms. The van der Waals surface area contributed by atoms with Crippen LogP contribution in [0.1, 0.15) is 24.6 Å². The van der Waals surface area contributed by atoms with Gasteiger partial charge in [0.25, 0.3) is 0 Å². The Morgan fingerprint density at radius 3 is 3.10 bits per heavy atom. The Labute approximate surface area is 115 Å². The van der Waals surface area contributed by atoms with Gasteiger partial charge in [0.15, 0.2) is 0 Å². The number of nitrogens with zero attached hydrogens (tertiary/aromatic N) is 5. The normalized spacial score (nSPS) is 19.0. The number of rotatable bonds is 3. The van der Waals surface area contributed by atoms with Gasteiger partial charge >= 0.3 is 5.69 Å². The van der Waals surface area contributed by atoms with Crippen LogP contribution in [-0.2, 0) is 0 Å². The summed E-state index contributed by atoms with van der Waals surface area (Å²) in [6.45, 7) is 1.43. The number of anilines is 1. The highest BCUT2D eigenvalue weighted by molar-refractivity contribution is 5.57. The minimum Gasteiger partial charge on any atom is -0.350 e. The molecule has 8 heteroatoms. The van der Waals surface area contributed by atoms with Crippen molar-refractivity contribution in [3.05, 3.63) is 40.6 Å². The Morgan fingerprint density at radius 1 is 1.45 bits per heavy atom. The van der Waals surface area contributed by atoms with E-state index in [1.54, 1.807) is 12.3 Å². The molecule has 0 radical (unpaired) electrons. The van der Waals surface area contributed by atoms with Crippen molar-refractivity contribution in [1.29, 1.82) is 0 Å². The first-order valence-electron chi connectivity index (χ1n) is 6.45. The lowest BCUT2D eigenvalue weighted by Crippen LogP contribution is -2.35. The zero-order valence-corrected chi connectivity index (χ0v) is 10.8. The average Bonchev–Trinajstić information content (AvgIpc) is 3.01. The van der Waals surface area contributed by atoms with Gasteiger partial charge in [-0.3, -0.25) is 15.2 Å². The molecular formula is C12H14N6O2. The number of aromatic nitrogens is 4. The van der Waals surface area contributed by atoms with Gasteiger partial charge in [-0.05, 0) is 18.9 Å². The van der Waals surface area contributed by atoms with E-state index in [0.717, 1.165) is 25.2 Å². The molecule has 1 fully saturated rings. The van der Waals surface area contributed by atoms with Crippen molar-refractivity contribution in [1.82, 2.24) is 20.2 Å². The van der Waals surface area contributed by atoms with Crippen LogP contribution in [0.25, 0.3) is 0 Å². The van der Waals surface area contributed by atoms with Gasteiger partial charge in [0.05, 0.1) is 4.92 Å². The fraction of sp³-hybridized carbons (Fsp3) is 0.417. The van der Waals surface area contributed by atoms with E-state index in [1.807, 2.05) is 4.90 Å². The maximum Gasteiger partial charge on any atom is 0.311 e. The second kappa shape index (κ2) is 5.24. The fourth-order valence-electron chi connectivity index (χ4n) is 2.58. The van der Waals surface area contributed by atoms with Crippen molar-refractivity contribution in [3.8, 4) is 0 Å². The molecule has 2 aromatic rings. The van der Waals surface area contributed by atoms with Crippen molar-refractivity contribution in [2.45, 2.75) is 18.8 Å². The van der Waals surface area contributed by atoms with E-state index in [2.05, 4.69) is 20.2 Å². The average molecular weight is 274 g/mol. The van der Waals surface area contributed by atoms with Crippen molar-refractivity contribution in [2.24, 2.45) is 0 Å². The van der Waals surface area contributed by atoms with E-state index in [1.165, 1.54) is 12.4 Å². The third-order valence-corrected chi connectivity index (χ3v) is 3.50. The molecule has 0 aromatic carbocycles. The summed E-state index contributed by atoms with van der Waals surface area (Å²) in [5.74, 6) is 1.46. The summed E-state index contributed by atoms with van der Waals surface area (Å²) in [7, 11) is 0. The number of hydrogen-bond donors (Lipinski definition) is 1. The van der Waals surface area contributed by atoms with Gasteiger partial charge in [0.2, 0.25) is 5.82 Å². The van der Waals surface area contributed by atoms with Crippen molar-refractivity contribution in [3.63, 3.8) is 0 Å². The lowest BCUT2D eigenvalue weighted by molar-refractivity contribution is -0.384. The molecule has 1 saturated heterocycles. The summed E-state index contributed by atoms with van der Waals surface area (Å²) in [4.78, 5) is 21.0. The zero-order valence-electron chi connectivity index (χ0n) is 10.8. The van der Waals surface area contributed by atoms with Gasteiger partial charge in [-0.2, -0.15) is 5.10 Å². The molecular weight excluding hydrogens is 260 g/mol. The van der Waals surface area contributed by atoms with Gasteiger partial charge in [-0.25, -0.2) is 9.97 Å². The third-order valence-electron chi connectivity index (χ3n) is 3.50. The number of aromatic amines is 1. The quantitative estimate of drug-likeness (QED) is 0.672. The van der Waals surface area contributed by atoms with Gasteiger partial charge in [0.1, 0.15) is 12.2 Å². The van der Waals surface area contributed by atoms with Crippen LogP contribution in [0.4, 0.5) is 11.5 Å². The van der Waals surface area contributed by atoms with Gasteiger partial charge in [0, 0.05) is 31.3 Å². The first-order chi connectivity index (χ1) is 9.75. The summed E-state index contributed by atoms with van der Waals surface area (Å²) >= 11 is 0. The molecule has 0 amide bonds. The minimum atomic E-state index is -0.388. The van der Waals surface area contributed by atoms with Gasteiger partial charge in [-0.15, -0.1) is 0 Å². The van der Waals surface area contributed by atoms with Gasteiger partial charge in [-0.1, -0.05) is 0 Å². The van der Waals surface area contributed by atoms with Crippen LogP contribution in [0.3, 0.4) is 0 Å². The number of nitrogens with one attached hydrogen (secondary N) is 1. The molecule has 2 aromatic heterocycles. The van der Waals surface area contributed by atoms with E-state index in [9.17, 15) is 10.1 Å². The van der Waals surface area contributed by atoms with E-state index >= 15 is 0 Å². The molecule has 0 spiro atoms. The Balaban J connectivity index is 1.86. The Kier molecular flexibility index (Phi) is 3.28. The molecule has 104 valence electrons. The number of pyridine rings is 1. The number of nitro groups is 1. The Bertz CT molecular complexity index is 600. The predicted molar refractivity (Wildman–Crippen MR) is 71.5 cm³/mol. The predicted octanol–water partition coefficient (Wildman–Crippen LogP) is 1.49. The molecule has 3 heterocycles. The molecule has 3 rings (SSSR count). The number of hydrogen-bond acceptors (Lipinski definition) is 6. The first kappa shape index (κ1) is 12.5. The number of piperidine rings is 1. The maximum absolute atomic E-state index is 11.1. The Morgan fingerprint density at radius 2 is 2.35 bits per heavy atom. The topological polar surface area (TPSA) is 101 Å². The van der Waals surface area contributed by atoms with E-state index in [-0.39, 0.29) is 16.5 Å². The van der Waals surface area contributed by atoms with Crippen LogP contribution < -0.4 is 4.90 Å². The lowest BCUT2D eigenvalue weighted by Gasteiger charge is -2.32. The van der Waals surface area contributed by atoms with Crippen molar-refractivity contribution < 1.29 is 4.92 Å². The summed E-state index contributed by atoms with van der Waals surface area (Å²) in [5.41, 5.74) is 0.0470. The fourth-order valence-corrected chi connectivity index (χ4v) is 2.58. The second-order valence-electron chi connectivity index (χ2n) is 4.76. The van der Waals surface area contributed by atoms with E-state index in [4.69, 9.17) is 0 Å². The van der Waals surface area contributed by atoms with E-state index in [0.29, 0.717) is 12.4 Å². The van der Waals surface area contributed by atoms with Crippen molar-refractivity contribution in [2.75, 3.05) is 18.0 Å². The smallest absolute Gasteiger partial charge is 0.311 e. The minimum absolute atomic E-state index is 0.0470. The molecule has 1 atom stereocenters. The van der Waals surface area contributed by atoms with Crippen molar-refractivity contribution >= 4 is 11.5 Å². The molecule has 1 aliphatic rings. The van der Waals surface area contributed by atoms with Gasteiger partial charge < -0.3 is 4.90 Å². The summed E-state index contributed by atoms with van der Waals surface area (Å²) in [5, 5.41) is 17.8. The summed E-state index contributed by atoms with van der Waals surface area (Å²) in [6, 6.07) is 3.07. The standard InChI is InChI=1S/C12H14N6O2/c19-18(20)10-4-1-5-13-12(10)17-6-2-3-9(7-17)11-14-8-15-16-11/h1,4-5,8-9H,2-3,6-7H2,(H,14,15,16). The zero-order chi connectivity index (χ0) is 13.9. The van der Waals surface area contributed by atoms with Crippen LogP contribution in [-0.4, -0.2) is 38.2 Å². The molecule has 1 aliphatic heterocycles. The molecule has 8 nitrogen and oxygen atoms in total. The highest BCUT2D eigenvalue weighted by Crippen LogP contribution is 2.31.